The van der Waals surface area contributed by atoms with Crippen molar-refractivity contribution in [3.05, 3.63) is 81.6 Å². The van der Waals surface area contributed by atoms with Gasteiger partial charge in [-0.25, -0.2) is 9.59 Å². The number of aromatic carboxylic acids is 1. The standard InChI is InChI=1S/C23H21ClN2O4/c1-4-30-23(29)16-6-5-7-18(11-16)25-13-17-10-14(2)26(15(17)3)19-8-9-21(24)20(12-19)22(27)28/h5-13H,4H2,1-3H3,(H,27,28). The summed E-state index contributed by atoms with van der Waals surface area (Å²) in [6.07, 6.45) is 1.72. The van der Waals surface area contributed by atoms with Crippen molar-refractivity contribution in [2.24, 2.45) is 4.99 Å². The van der Waals surface area contributed by atoms with Crippen LogP contribution in [0, 0.1) is 13.8 Å². The molecule has 0 fully saturated rings. The second-order valence-electron chi connectivity index (χ2n) is 6.66. The number of hydrogen-bond acceptors (Lipinski definition) is 4. The number of benzene rings is 2. The van der Waals surface area contributed by atoms with E-state index >= 15 is 0 Å². The van der Waals surface area contributed by atoms with Crippen LogP contribution in [0.25, 0.3) is 5.69 Å². The molecule has 2 aromatic carbocycles. The zero-order valence-corrected chi connectivity index (χ0v) is 17.6. The van der Waals surface area contributed by atoms with Crippen LogP contribution in [-0.4, -0.2) is 34.4 Å². The highest BCUT2D eigenvalue weighted by Crippen LogP contribution is 2.25. The second-order valence-corrected chi connectivity index (χ2v) is 7.07. The molecule has 0 amide bonds. The zero-order valence-electron chi connectivity index (χ0n) is 16.8. The molecule has 3 aromatic rings. The zero-order chi connectivity index (χ0) is 21.8. The Bertz CT molecular complexity index is 1150. The highest BCUT2D eigenvalue weighted by atomic mass is 35.5. The number of carbonyl (C=O) groups is 2. The van der Waals surface area contributed by atoms with Crippen LogP contribution < -0.4 is 0 Å². The Hall–Kier alpha value is -3.38. The summed E-state index contributed by atoms with van der Waals surface area (Å²) in [5.41, 5.74) is 4.53. The summed E-state index contributed by atoms with van der Waals surface area (Å²) in [6, 6.07) is 13.8. The topological polar surface area (TPSA) is 80.9 Å². The van der Waals surface area contributed by atoms with Crippen molar-refractivity contribution in [2.45, 2.75) is 20.8 Å². The molecule has 0 saturated carbocycles. The Morgan fingerprint density at radius 2 is 1.93 bits per heavy atom. The van der Waals surface area contributed by atoms with Gasteiger partial charge < -0.3 is 14.4 Å². The number of nitrogens with zero attached hydrogens (tertiary/aromatic N) is 2. The molecule has 30 heavy (non-hydrogen) atoms. The van der Waals surface area contributed by atoms with Gasteiger partial charge in [-0.2, -0.15) is 0 Å². The van der Waals surface area contributed by atoms with Gasteiger partial charge in [0.05, 0.1) is 28.4 Å². The van der Waals surface area contributed by atoms with Gasteiger partial charge in [0.1, 0.15) is 0 Å². The molecule has 1 heterocycles. The molecule has 7 heteroatoms. The lowest BCUT2D eigenvalue weighted by Gasteiger charge is -2.11. The second kappa shape index (κ2) is 8.97. The molecule has 0 aliphatic carbocycles. The summed E-state index contributed by atoms with van der Waals surface area (Å²) < 4.78 is 6.97. The average Bonchev–Trinajstić information content (AvgIpc) is 3.00. The Kier molecular flexibility index (Phi) is 6.37. The predicted octanol–water partition coefficient (Wildman–Crippen LogP) is 5.37. The normalized spacial score (nSPS) is 11.1. The SMILES string of the molecule is CCOC(=O)c1cccc(N=Cc2cc(C)n(-c3ccc(Cl)c(C(=O)O)c3)c2C)c1. The van der Waals surface area contributed by atoms with Crippen molar-refractivity contribution in [1.29, 1.82) is 0 Å². The lowest BCUT2D eigenvalue weighted by atomic mass is 10.2. The van der Waals surface area contributed by atoms with Gasteiger partial charge in [0.15, 0.2) is 0 Å². The van der Waals surface area contributed by atoms with Crippen LogP contribution in [0.15, 0.2) is 53.5 Å². The Labute approximate surface area is 179 Å². The van der Waals surface area contributed by atoms with Gasteiger partial charge in [-0.05, 0) is 63.2 Å². The van der Waals surface area contributed by atoms with Gasteiger partial charge in [-0.15, -0.1) is 0 Å². The number of carbonyl (C=O) groups excluding carboxylic acids is 1. The number of rotatable bonds is 6. The Morgan fingerprint density at radius 1 is 1.17 bits per heavy atom. The van der Waals surface area contributed by atoms with Gasteiger partial charge in [-0.3, -0.25) is 4.99 Å². The third-order valence-electron chi connectivity index (χ3n) is 4.62. The van der Waals surface area contributed by atoms with Crippen molar-refractivity contribution in [3.8, 4) is 5.69 Å². The molecule has 3 rings (SSSR count). The monoisotopic (exact) mass is 424 g/mol. The first-order valence-corrected chi connectivity index (χ1v) is 9.73. The van der Waals surface area contributed by atoms with Gasteiger partial charge in [0.2, 0.25) is 0 Å². The summed E-state index contributed by atoms with van der Waals surface area (Å²) in [4.78, 5) is 27.8. The minimum absolute atomic E-state index is 0.0488. The van der Waals surface area contributed by atoms with Crippen LogP contribution in [0.3, 0.4) is 0 Å². The largest absolute Gasteiger partial charge is 0.478 e. The van der Waals surface area contributed by atoms with E-state index < -0.39 is 5.97 Å². The smallest absolute Gasteiger partial charge is 0.338 e. The highest BCUT2D eigenvalue weighted by Gasteiger charge is 2.14. The van der Waals surface area contributed by atoms with E-state index in [9.17, 15) is 14.7 Å². The number of halogens is 1. The molecular formula is C23H21ClN2O4. The number of carboxylic acid groups (broad SMARTS) is 1. The van der Waals surface area contributed by atoms with Crippen LogP contribution in [0.4, 0.5) is 5.69 Å². The molecule has 0 aliphatic rings. The maximum atomic E-state index is 11.9. The molecule has 0 atom stereocenters. The number of ether oxygens (including phenoxy) is 1. The quantitative estimate of drug-likeness (QED) is 0.426. The fourth-order valence-electron chi connectivity index (χ4n) is 3.20. The van der Waals surface area contributed by atoms with Crippen molar-refractivity contribution < 1.29 is 19.4 Å². The molecule has 1 N–H and O–H groups in total. The first-order valence-electron chi connectivity index (χ1n) is 9.35. The van der Waals surface area contributed by atoms with Crippen LogP contribution in [0.2, 0.25) is 5.02 Å². The lowest BCUT2D eigenvalue weighted by molar-refractivity contribution is 0.0526. The molecule has 0 radical (unpaired) electrons. The van der Waals surface area contributed by atoms with Crippen molar-refractivity contribution >= 4 is 35.4 Å². The molecular weight excluding hydrogens is 404 g/mol. The van der Waals surface area contributed by atoms with Crippen molar-refractivity contribution in [2.75, 3.05) is 6.61 Å². The number of esters is 1. The summed E-state index contributed by atoms with van der Waals surface area (Å²) in [5.74, 6) is -1.46. The first-order chi connectivity index (χ1) is 14.3. The molecule has 0 saturated heterocycles. The maximum absolute atomic E-state index is 11.9. The Morgan fingerprint density at radius 3 is 2.63 bits per heavy atom. The summed E-state index contributed by atoms with van der Waals surface area (Å²) in [5, 5.41) is 9.53. The first kappa shape index (κ1) is 21.3. The fourth-order valence-corrected chi connectivity index (χ4v) is 3.40. The molecule has 0 spiro atoms. The average molecular weight is 425 g/mol. The molecule has 6 nitrogen and oxygen atoms in total. The third-order valence-corrected chi connectivity index (χ3v) is 4.95. The lowest BCUT2D eigenvalue weighted by Crippen LogP contribution is -2.04. The van der Waals surface area contributed by atoms with Crippen molar-refractivity contribution in [3.63, 3.8) is 0 Å². The predicted molar refractivity (Wildman–Crippen MR) is 117 cm³/mol. The number of hydrogen-bond donors (Lipinski definition) is 1. The van der Waals surface area contributed by atoms with E-state index in [1.165, 1.54) is 0 Å². The molecule has 1 aromatic heterocycles. The van der Waals surface area contributed by atoms with Crippen LogP contribution in [0.5, 0.6) is 0 Å². The van der Waals surface area contributed by atoms with E-state index in [0.29, 0.717) is 23.5 Å². The number of aromatic nitrogens is 1. The highest BCUT2D eigenvalue weighted by molar-refractivity contribution is 6.33. The van der Waals surface area contributed by atoms with E-state index in [1.54, 1.807) is 55.6 Å². The minimum Gasteiger partial charge on any atom is -0.478 e. The third kappa shape index (κ3) is 4.44. The summed E-state index contributed by atoms with van der Waals surface area (Å²) >= 11 is 5.99. The number of aliphatic imine (C=N–C) groups is 1. The van der Waals surface area contributed by atoms with E-state index in [2.05, 4.69) is 4.99 Å². The summed E-state index contributed by atoms with van der Waals surface area (Å²) in [7, 11) is 0. The van der Waals surface area contributed by atoms with Gasteiger partial charge in [0.25, 0.3) is 0 Å². The molecule has 0 bridgehead atoms. The molecule has 0 unspecified atom stereocenters. The maximum Gasteiger partial charge on any atom is 0.338 e. The Balaban J connectivity index is 1.94. The summed E-state index contributed by atoms with van der Waals surface area (Å²) in [6.45, 7) is 5.93. The number of carboxylic acids is 1. The van der Waals surface area contributed by atoms with E-state index in [0.717, 1.165) is 17.0 Å². The minimum atomic E-state index is -1.08. The van der Waals surface area contributed by atoms with Gasteiger partial charge in [-0.1, -0.05) is 17.7 Å². The van der Waals surface area contributed by atoms with E-state index in [4.69, 9.17) is 16.3 Å². The van der Waals surface area contributed by atoms with Gasteiger partial charge >= 0.3 is 11.9 Å². The fraction of sp³-hybridized carbons (Fsp3) is 0.174. The van der Waals surface area contributed by atoms with E-state index in [-0.39, 0.29) is 16.6 Å². The number of aryl methyl sites for hydroxylation is 1. The molecule has 0 aliphatic heterocycles. The van der Waals surface area contributed by atoms with E-state index in [1.807, 2.05) is 24.5 Å². The van der Waals surface area contributed by atoms with Gasteiger partial charge in [0, 0.05) is 28.9 Å². The van der Waals surface area contributed by atoms with Crippen LogP contribution in [0.1, 0.15) is 44.6 Å². The van der Waals surface area contributed by atoms with Crippen LogP contribution >= 0.6 is 11.6 Å². The van der Waals surface area contributed by atoms with Crippen LogP contribution in [-0.2, 0) is 4.74 Å². The molecule has 154 valence electrons. The van der Waals surface area contributed by atoms with Crippen molar-refractivity contribution in [1.82, 2.24) is 4.57 Å².